The van der Waals surface area contributed by atoms with E-state index in [9.17, 15) is 0 Å². The Balaban J connectivity index is 1.63. The van der Waals surface area contributed by atoms with E-state index in [-0.39, 0.29) is 0 Å². The lowest BCUT2D eigenvalue weighted by molar-refractivity contribution is 0.167. The van der Waals surface area contributed by atoms with Gasteiger partial charge >= 0.3 is 0 Å². The number of methoxy groups -OCH3 is 1. The van der Waals surface area contributed by atoms with Crippen molar-refractivity contribution in [3.05, 3.63) is 16.1 Å². The Labute approximate surface area is 126 Å². The molecule has 20 heavy (non-hydrogen) atoms. The van der Waals surface area contributed by atoms with Crippen molar-refractivity contribution in [2.75, 3.05) is 39.9 Å². The van der Waals surface area contributed by atoms with Crippen LogP contribution in [0.1, 0.15) is 30.5 Å². The third kappa shape index (κ3) is 5.13. The number of thiazole rings is 1. The van der Waals surface area contributed by atoms with Gasteiger partial charge in [-0.15, -0.1) is 11.3 Å². The molecule has 0 spiro atoms. The van der Waals surface area contributed by atoms with Crippen molar-refractivity contribution < 1.29 is 4.74 Å². The minimum absolute atomic E-state index is 0.808. The zero-order valence-corrected chi connectivity index (χ0v) is 13.5. The molecule has 1 saturated heterocycles. The summed E-state index contributed by atoms with van der Waals surface area (Å²) in [6.07, 6.45) is 3.65. The van der Waals surface area contributed by atoms with Crippen LogP contribution in [0.3, 0.4) is 0 Å². The Hall–Kier alpha value is -0.490. The monoisotopic (exact) mass is 297 g/mol. The summed E-state index contributed by atoms with van der Waals surface area (Å²) in [5.41, 5.74) is 1.25. The van der Waals surface area contributed by atoms with Gasteiger partial charge in [-0.1, -0.05) is 6.92 Å². The molecule has 0 bridgehead atoms. The Morgan fingerprint density at radius 1 is 1.45 bits per heavy atom. The Kier molecular flexibility index (Phi) is 6.93. The van der Waals surface area contributed by atoms with Crippen molar-refractivity contribution in [2.24, 2.45) is 5.92 Å². The fourth-order valence-corrected chi connectivity index (χ4v) is 3.38. The minimum atomic E-state index is 0.808. The molecule has 1 aromatic rings. The maximum Gasteiger partial charge on any atom is 0.0926 e. The lowest BCUT2D eigenvalue weighted by atomic mass is 9.97. The molecule has 1 aliphatic heterocycles. The Morgan fingerprint density at radius 3 is 2.90 bits per heavy atom. The summed E-state index contributed by atoms with van der Waals surface area (Å²) in [5.74, 6) is 0.824. The van der Waals surface area contributed by atoms with E-state index in [1.807, 2.05) is 0 Å². The summed E-state index contributed by atoms with van der Waals surface area (Å²) in [7, 11) is 1.75. The summed E-state index contributed by atoms with van der Waals surface area (Å²) < 4.78 is 5.05. The van der Waals surface area contributed by atoms with E-state index in [1.54, 1.807) is 18.4 Å². The number of rotatable bonds is 8. The predicted molar refractivity (Wildman–Crippen MR) is 84.2 cm³/mol. The summed E-state index contributed by atoms with van der Waals surface area (Å²) in [6, 6.07) is 0. The molecule has 1 fully saturated rings. The highest BCUT2D eigenvalue weighted by molar-refractivity contribution is 7.09. The molecule has 0 aromatic carbocycles. The zero-order chi connectivity index (χ0) is 14.2. The highest BCUT2D eigenvalue weighted by Crippen LogP contribution is 2.19. The Morgan fingerprint density at radius 2 is 2.25 bits per heavy atom. The maximum absolute atomic E-state index is 5.05. The first-order valence-corrected chi connectivity index (χ1v) is 8.55. The molecular formula is C15H27N3OS. The largest absolute Gasteiger partial charge is 0.383 e. The molecule has 1 N–H and O–H groups in total. The molecule has 0 unspecified atom stereocenters. The number of nitrogens with one attached hydrogen (secondary N) is 1. The van der Waals surface area contributed by atoms with Gasteiger partial charge in [0.25, 0.3) is 0 Å². The van der Waals surface area contributed by atoms with E-state index in [0.717, 1.165) is 38.6 Å². The van der Waals surface area contributed by atoms with Gasteiger partial charge in [0.05, 0.1) is 17.3 Å². The van der Waals surface area contributed by atoms with Crippen LogP contribution in [-0.4, -0.2) is 49.8 Å². The molecule has 0 amide bonds. The second kappa shape index (κ2) is 8.72. The fourth-order valence-electron chi connectivity index (χ4n) is 2.64. The maximum atomic E-state index is 5.05. The number of aromatic nitrogens is 1. The normalized spacial score (nSPS) is 17.7. The molecule has 0 radical (unpaired) electrons. The lowest BCUT2D eigenvalue weighted by Gasteiger charge is -2.31. The molecule has 2 heterocycles. The van der Waals surface area contributed by atoms with Crippen LogP contribution in [0.2, 0.25) is 0 Å². The van der Waals surface area contributed by atoms with Gasteiger partial charge in [-0.05, 0) is 44.8 Å². The van der Waals surface area contributed by atoms with Crippen LogP contribution in [0.15, 0.2) is 5.38 Å². The molecule has 4 nitrogen and oxygen atoms in total. The van der Waals surface area contributed by atoms with Gasteiger partial charge < -0.3 is 10.1 Å². The zero-order valence-electron chi connectivity index (χ0n) is 12.7. The molecule has 2 rings (SSSR count). The van der Waals surface area contributed by atoms with E-state index in [1.165, 1.54) is 36.6 Å². The van der Waals surface area contributed by atoms with Gasteiger partial charge in [-0.2, -0.15) is 0 Å². The second-order valence-corrected chi connectivity index (χ2v) is 6.45. The first-order valence-electron chi connectivity index (χ1n) is 7.67. The fraction of sp³-hybridized carbons (Fsp3) is 0.800. The molecule has 0 saturated carbocycles. The first kappa shape index (κ1) is 15.9. The van der Waals surface area contributed by atoms with Crippen LogP contribution >= 0.6 is 11.3 Å². The molecule has 0 aliphatic carbocycles. The van der Waals surface area contributed by atoms with Gasteiger partial charge in [0.2, 0.25) is 0 Å². The van der Waals surface area contributed by atoms with Crippen LogP contribution in [0.25, 0.3) is 0 Å². The van der Waals surface area contributed by atoms with Crippen LogP contribution < -0.4 is 5.32 Å². The molecule has 1 aromatic heterocycles. The number of aryl methyl sites for hydroxylation is 1. The number of hydrogen-bond acceptors (Lipinski definition) is 5. The van der Waals surface area contributed by atoms with E-state index in [0.29, 0.717) is 0 Å². The number of ether oxygens (including phenoxy) is 1. The minimum Gasteiger partial charge on any atom is -0.383 e. The van der Waals surface area contributed by atoms with Crippen molar-refractivity contribution in [1.82, 2.24) is 15.2 Å². The number of piperidine rings is 1. The molecule has 1 aliphatic rings. The smallest absolute Gasteiger partial charge is 0.0926 e. The summed E-state index contributed by atoms with van der Waals surface area (Å²) >= 11 is 1.79. The highest BCUT2D eigenvalue weighted by atomic mass is 32.1. The van der Waals surface area contributed by atoms with Gasteiger partial charge in [0, 0.05) is 25.6 Å². The van der Waals surface area contributed by atoms with Crippen molar-refractivity contribution >= 4 is 11.3 Å². The van der Waals surface area contributed by atoms with Crippen LogP contribution in [0.4, 0.5) is 0 Å². The quantitative estimate of drug-likeness (QED) is 0.746. The number of likely N-dealkylation sites (tertiary alicyclic amines) is 1. The molecule has 0 atom stereocenters. The van der Waals surface area contributed by atoms with Crippen molar-refractivity contribution in [3.8, 4) is 0 Å². The topological polar surface area (TPSA) is 37.4 Å². The average Bonchev–Trinajstić information content (AvgIpc) is 2.93. The molecule has 5 heteroatoms. The van der Waals surface area contributed by atoms with Gasteiger partial charge in [-0.3, -0.25) is 4.90 Å². The van der Waals surface area contributed by atoms with E-state index >= 15 is 0 Å². The summed E-state index contributed by atoms with van der Waals surface area (Å²) in [4.78, 5) is 7.20. The molecular weight excluding hydrogens is 270 g/mol. The highest BCUT2D eigenvalue weighted by Gasteiger charge is 2.19. The van der Waals surface area contributed by atoms with E-state index < -0.39 is 0 Å². The average molecular weight is 297 g/mol. The van der Waals surface area contributed by atoms with Gasteiger partial charge in [0.1, 0.15) is 0 Å². The van der Waals surface area contributed by atoms with Gasteiger partial charge in [0.15, 0.2) is 0 Å². The van der Waals surface area contributed by atoms with Gasteiger partial charge in [-0.25, -0.2) is 4.98 Å². The summed E-state index contributed by atoms with van der Waals surface area (Å²) in [6.45, 7) is 8.52. The predicted octanol–water partition coefficient (Wildman–Crippen LogP) is 2.15. The summed E-state index contributed by atoms with van der Waals surface area (Å²) in [5, 5.41) is 6.96. The van der Waals surface area contributed by atoms with Crippen LogP contribution in [-0.2, 0) is 17.7 Å². The molecule has 114 valence electrons. The van der Waals surface area contributed by atoms with Crippen molar-refractivity contribution in [3.63, 3.8) is 0 Å². The van der Waals surface area contributed by atoms with Crippen LogP contribution in [0.5, 0.6) is 0 Å². The lowest BCUT2D eigenvalue weighted by Crippen LogP contribution is -2.37. The third-order valence-electron chi connectivity index (χ3n) is 3.91. The third-order valence-corrected chi connectivity index (χ3v) is 4.95. The van der Waals surface area contributed by atoms with Crippen molar-refractivity contribution in [2.45, 2.75) is 32.7 Å². The number of nitrogens with zero attached hydrogens (tertiary/aromatic N) is 2. The Bertz CT molecular complexity index is 375. The van der Waals surface area contributed by atoms with E-state index in [4.69, 9.17) is 4.74 Å². The first-order chi connectivity index (χ1) is 9.81. The van der Waals surface area contributed by atoms with E-state index in [2.05, 4.69) is 27.5 Å². The second-order valence-electron chi connectivity index (χ2n) is 5.50. The van der Waals surface area contributed by atoms with Crippen LogP contribution in [0, 0.1) is 5.92 Å². The number of hydrogen-bond donors (Lipinski definition) is 1. The van der Waals surface area contributed by atoms with Crippen molar-refractivity contribution in [1.29, 1.82) is 0 Å². The standard InChI is InChI=1S/C15H27N3OS/c1-3-15-17-14(12-20-15)11-18-7-4-13(5-8-18)10-16-6-9-19-2/h12-13,16H,3-11H2,1-2H3. The SMILES string of the molecule is CCc1nc(CN2CCC(CNCCOC)CC2)cs1.